The standard InChI is InChI=1S/C13H17NO4/c1-18-13(17)12(16)11(15)9-3-2-8-4-5-14-7-10(8)6-9/h2-3,6,11-12,14-16H,4-5,7H2,1H3. The van der Waals surface area contributed by atoms with Gasteiger partial charge in [-0.25, -0.2) is 4.79 Å². The number of aliphatic hydroxyl groups is 2. The normalized spacial score (nSPS) is 17.7. The van der Waals surface area contributed by atoms with Gasteiger partial charge in [0.25, 0.3) is 0 Å². The minimum Gasteiger partial charge on any atom is -0.467 e. The van der Waals surface area contributed by atoms with Crippen LogP contribution in [0.2, 0.25) is 0 Å². The molecule has 1 aromatic carbocycles. The molecule has 3 N–H and O–H groups in total. The molecule has 2 atom stereocenters. The minimum absolute atomic E-state index is 0.523. The van der Waals surface area contributed by atoms with E-state index in [2.05, 4.69) is 10.1 Å². The molecule has 1 heterocycles. The fourth-order valence-electron chi connectivity index (χ4n) is 2.12. The van der Waals surface area contributed by atoms with E-state index in [1.807, 2.05) is 12.1 Å². The number of esters is 1. The highest BCUT2D eigenvalue weighted by Gasteiger charge is 2.27. The molecular weight excluding hydrogens is 234 g/mol. The summed E-state index contributed by atoms with van der Waals surface area (Å²) >= 11 is 0. The van der Waals surface area contributed by atoms with Gasteiger partial charge in [0.05, 0.1) is 7.11 Å². The second kappa shape index (κ2) is 5.48. The molecule has 0 aliphatic carbocycles. The monoisotopic (exact) mass is 251 g/mol. The molecule has 2 rings (SSSR count). The molecule has 18 heavy (non-hydrogen) atoms. The van der Waals surface area contributed by atoms with E-state index in [0.29, 0.717) is 5.56 Å². The molecule has 1 aromatic rings. The molecule has 5 heteroatoms. The fraction of sp³-hybridized carbons (Fsp3) is 0.462. The van der Waals surface area contributed by atoms with Crippen LogP contribution in [0.3, 0.4) is 0 Å². The quantitative estimate of drug-likeness (QED) is 0.654. The van der Waals surface area contributed by atoms with Crippen molar-refractivity contribution >= 4 is 5.97 Å². The van der Waals surface area contributed by atoms with Gasteiger partial charge in [0.15, 0.2) is 6.10 Å². The lowest BCUT2D eigenvalue weighted by molar-refractivity contribution is -0.156. The first kappa shape index (κ1) is 13.0. The van der Waals surface area contributed by atoms with Crippen molar-refractivity contribution in [3.63, 3.8) is 0 Å². The Morgan fingerprint density at radius 3 is 2.89 bits per heavy atom. The van der Waals surface area contributed by atoms with E-state index < -0.39 is 18.2 Å². The lowest BCUT2D eigenvalue weighted by Crippen LogP contribution is -2.29. The second-order valence-corrected chi connectivity index (χ2v) is 4.37. The third-order valence-corrected chi connectivity index (χ3v) is 3.20. The number of rotatable bonds is 3. The summed E-state index contributed by atoms with van der Waals surface area (Å²) < 4.78 is 4.41. The van der Waals surface area contributed by atoms with Crippen molar-refractivity contribution < 1.29 is 19.7 Å². The van der Waals surface area contributed by atoms with Crippen molar-refractivity contribution in [2.45, 2.75) is 25.2 Å². The fourth-order valence-corrected chi connectivity index (χ4v) is 2.12. The summed E-state index contributed by atoms with van der Waals surface area (Å²) in [4.78, 5) is 11.2. The van der Waals surface area contributed by atoms with Gasteiger partial charge in [0, 0.05) is 6.54 Å². The maximum Gasteiger partial charge on any atom is 0.337 e. The molecule has 0 radical (unpaired) electrons. The van der Waals surface area contributed by atoms with Crippen molar-refractivity contribution in [1.82, 2.24) is 5.32 Å². The molecule has 98 valence electrons. The Labute approximate surface area is 105 Å². The van der Waals surface area contributed by atoms with E-state index in [-0.39, 0.29) is 0 Å². The van der Waals surface area contributed by atoms with Crippen LogP contribution in [-0.4, -0.2) is 35.9 Å². The lowest BCUT2D eigenvalue weighted by atomic mass is 9.95. The Hall–Kier alpha value is -1.43. The van der Waals surface area contributed by atoms with Gasteiger partial charge < -0.3 is 20.3 Å². The maximum absolute atomic E-state index is 11.2. The number of methoxy groups -OCH3 is 1. The number of hydrogen-bond donors (Lipinski definition) is 3. The second-order valence-electron chi connectivity index (χ2n) is 4.37. The molecule has 0 amide bonds. The van der Waals surface area contributed by atoms with Crippen LogP contribution in [0.25, 0.3) is 0 Å². The Balaban J connectivity index is 2.20. The van der Waals surface area contributed by atoms with Crippen LogP contribution in [0.5, 0.6) is 0 Å². The Bertz CT molecular complexity index is 447. The summed E-state index contributed by atoms with van der Waals surface area (Å²) in [6.07, 6.45) is -1.86. The van der Waals surface area contributed by atoms with E-state index in [1.54, 1.807) is 6.07 Å². The van der Waals surface area contributed by atoms with Crippen LogP contribution < -0.4 is 5.32 Å². The number of ether oxygens (including phenoxy) is 1. The Morgan fingerprint density at radius 2 is 2.17 bits per heavy atom. The predicted molar refractivity (Wildman–Crippen MR) is 64.8 cm³/mol. The summed E-state index contributed by atoms with van der Waals surface area (Å²) in [6.45, 7) is 1.68. The third-order valence-electron chi connectivity index (χ3n) is 3.20. The van der Waals surface area contributed by atoms with Gasteiger partial charge in [0.2, 0.25) is 0 Å². The highest BCUT2D eigenvalue weighted by atomic mass is 16.5. The van der Waals surface area contributed by atoms with Gasteiger partial charge in [-0.3, -0.25) is 0 Å². The highest BCUT2D eigenvalue weighted by Crippen LogP contribution is 2.23. The molecule has 1 aliphatic rings. The molecule has 2 unspecified atom stereocenters. The van der Waals surface area contributed by atoms with Gasteiger partial charge >= 0.3 is 5.97 Å². The minimum atomic E-state index is -1.55. The SMILES string of the molecule is COC(=O)C(O)C(O)c1ccc2c(c1)CNCC2. The largest absolute Gasteiger partial charge is 0.467 e. The van der Waals surface area contributed by atoms with Crippen LogP contribution in [0, 0.1) is 0 Å². The number of hydrogen-bond acceptors (Lipinski definition) is 5. The average molecular weight is 251 g/mol. The number of nitrogens with one attached hydrogen (secondary N) is 1. The van der Waals surface area contributed by atoms with Crippen LogP contribution in [0.4, 0.5) is 0 Å². The van der Waals surface area contributed by atoms with Crippen molar-refractivity contribution in [3.8, 4) is 0 Å². The molecule has 0 fully saturated rings. The molecule has 0 saturated carbocycles. The summed E-state index contributed by atoms with van der Waals surface area (Å²) in [7, 11) is 1.18. The zero-order chi connectivity index (χ0) is 13.1. The molecule has 0 saturated heterocycles. The van der Waals surface area contributed by atoms with E-state index in [0.717, 1.165) is 25.1 Å². The molecule has 0 aromatic heterocycles. The van der Waals surface area contributed by atoms with E-state index in [9.17, 15) is 15.0 Å². The molecular formula is C13H17NO4. The van der Waals surface area contributed by atoms with Gasteiger partial charge in [-0.1, -0.05) is 18.2 Å². The van der Waals surface area contributed by atoms with Crippen LogP contribution in [-0.2, 0) is 22.5 Å². The average Bonchev–Trinajstić information content (AvgIpc) is 2.44. The molecule has 0 spiro atoms. The van der Waals surface area contributed by atoms with Gasteiger partial charge in [-0.15, -0.1) is 0 Å². The summed E-state index contributed by atoms with van der Waals surface area (Å²) in [5, 5.41) is 22.8. The Morgan fingerprint density at radius 1 is 1.39 bits per heavy atom. The van der Waals surface area contributed by atoms with Crippen molar-refractivity contribution in [2.24, 2.45) is 0 Å². The van der Waals surface area contributed by atoms with Crippen LogP contribution in [0.15, 0.2) is 18.2 Å². The van der Waals surface area contributed by atoms with Crippen LogP contribution in [0.1, 0.15) is 22.8 Å². The zero-order valence-corrected chi connectivity index (χ0v) is 10.2. The number of benzene rings is 1. The molecule has 5 nitrogen and oxygen atoms in total. The van der Waals surface area contributed by atoms with Crippen molar-refractivity contribution in [1.29, 1.82) is 0 Å². The predicted octanol–water partition coefficient (Wildman–Crippen LogP) is -0.100. The summed E-state index contributed by atoms with van der Waals surface area (Å²) in [6, 6.07) is 5.48. The van der Waals surface area contributed by atoms with Gasteiger partial charge in [-0.2, -0.15) is 0 Å². The van der Waals surface area contributed by atoms with Crippen molar-refractivity contribution in [3.05, 3.63) is 34.9 Å². The van der Waals surface area contributed by atoms with Gasteiger partial charge in [-0.05, 0) is 29.7 Å². The summed E-state index contributed by atoms with van der Waals surface area (Å²) in [5.74, 6) is -0.835. The highest BCUT2D eigenvalue weighted by molar-refractivity contribution is 5.75. The van der Waals surface area contributed by atoms with E-state index in [4.69, 9.17) is 0 Å². The number of fused-ring (bicyclic) bond motifs is 1. The number of carbonyl (C=O) groups is 1. The smallest absolute Gasteiger partial charge is 0.337 e. The topological polar surface area (TPSA) is 78.8 Å². The first-order valence-corrected chi connectivity index (χ1v) is 5.90. The zero-order valence-electron chi connectivity index (χ0n) is 10.2. The first-order valence-electron chi connectivity index (χ1n) is 5.90. The third kappa shape index (κ3) is 2.53. The molecule has 0 bridgehead atoms. The number of carbonyl (C=O) groups excluding carboxylic acids is 1. The van der Waals surface area contributed by atoms with E-state index >= 15 is 0 Å². The van der Waals surface area contributed by atoms with E-state index in [1.165, 1.54) is 12.7 Å². The molecule has 1 aliphatic heterocycles. The maximum atomic E-state index is 11.2. The van der Waals surface area contributed by atoms with Crippen LogP contribution >= 0.6 is 0 Å². The van der Waals surface area contributed by atoms with Crippen molar-refractivity contribution in [2.75, 3.05) is 13.7 Å². The number of aliphatic hydroxyl groups excluding tert-OH is 2. The lowest BCUT2D eigenvalue weighted by Gasteiger charge is -2.21. The summed E-state index contributed by atoms with van der Waals surface area (Å²) in [5.41, 5.74) is 2.85. The first-order chi connectivity index (χ1) is 8.63. The van der Waals surface area contributed by atoms with Gasteiger partial charge in [0.1, 0.15) is 6.10 Å². The Kier molecular flexibility index (Phi) is 3.96.